The predicted molar refractivity (Wildman–Crippen MR) is 50.3 cm³/mol. The molecule has 2 bridgehead atoms. The Morgan fingerprint density at radius 2 is 2.08 bits per heavy atom. The molecule has 0 atom stereocenters. The summed E-state index contributed by atoms with van der Waals surface area (Å²) in [5, 5.41) is 0.847. The van der Waals surface area contributed by atoms with Gasteiger partial charge in [-0.1, -0.05) is 23.2 Å². The average Bonchev–Trinajstić information content (AvgIpc) is 2.04. The predicted octanol–water partition coefficient (Wildman–Crippen LogP) is 3.48. The molecule has 0 aliphatic carbocycles. The highest BCUT2D eigenvalue weighted by Crippen LogP contribution is 2.46. The number of hydrogen-bond acceptors (Lipinski definition) is 2. The molecule has 0 aromatic heterocycles. The average molecular weight is 270 g/mol. The largest absolute Gasteiger partial charge is 0.456 e. The maximum atomic E-state index is 5.86. The van der Waals surface area contributed by atoms with Crippen LogP contribution in [0.25, 0.3) is 0 Å². The van der Waals surface area contributed by atoms with Crippen LogP contribution in [0.3, 0.4) is 0 Å². The highest BCUT2D eigenvalue weighted by atomic mass is 79.9. The minimum atomic E-state index is 0.177. The minimum Gasteiger partial charge on any atom is -0.456 e. The Labute approximate surface area is 87.5 Å². The third kappa shape index (κ3) is 1.16. The Bertz CT molecular complexity index is 334. The Hall–Kier alpha value is -0.120. The van der Waals surface area contributed by atoms with Crippen molar-refractivity contribution in [2.24, 2.45) is 0 Å². The van der Waals surface area contributed by atoms with Gasteiger partial charge < -0.3 is 9.47 Å². The first-order valence-corrected chi connectivity index (χ1v) is 4.68. The van der Waals surface area contributed by atoms with Gasteiger partial charge in [0.05, 0.1) is 5.02 Å². The molecule has 0 saturated carbocycles. The van der Waals surface area contributed by atoms with Crippen molar-refractivity contribution in [3.63, 3.8) is 0 Å². The fraction of sp³-hybridized carbons (Fsp3) is 0.143. The molecular formula is C7H3BrCl2O2. The van der Waals surface area contributed by atoms with Crippen LogP contribution in [0.1, 0.15) is 0 Å². The Morgan fingerprint density at radius 1 is 1.33 bits per heavy atom. The molecule has 0 radical (unpaired) electrons. The second-order valence-electron chi connectivity index (χ2n) is 2.22. The molecule has 0 spiro atoms. The summed E-state index contributed by atoms with van der Waals surface area (Å²) in [5.74, 6) is 1.20. The van der Waals surface area contributed by atoms with Crippen molar-refractivity contribution in [1.29, 1.82) is 0 Å². The summed E-state index contributed by atoms with van der Waals surface area (Å²) >= 11 is 14.9. The molecule has 0 amide bonds. The summed E-state index contributed by atoms with van der Waals surface area (Å²) < 4.78 is 11.0. The molecule has 1 heterocycles. The summed E-state index contributed by atoms with van der Waals surface area (Å²) in [7, 11) is 0. The lowest BCUT2D eigenvalue weighted by Gasteiger charge is -2.20. The molecular weight excluding hydrogens is 267 g/mol. The van der Waals surface area contributed by atoms with Gasteiger partial charge in [0.25, 0.3) is 0 Å². The van der Waals surface area contributed by atoms with E-state index in [1.165, 1.54) is 0 Å². The fourth-order valence-electron chi connectivity index (χ4n) is 0.942. The number of halogens is 3. The molecule has 2 rings (SSSR count). The third-order valence-electron chi connectivity index (χ3n) is 1.50. The van der Waals surface area contributed by atoms with E-state index in [0.29, 0.717) is 26.0 Å². The van der Waals surface area contributed by atoms with E-state index in [2.05, 4.69) is 15.9 Å². The van der Waals surface area contributed by atoms with Crippen molar-refractivity contribution in [2.75, 3.05) is 6.79 Å². The van der Waals surface area contributed by atoms with Gasteiger partial charge in [0.1, 0.15) is 15.2 Å². The Kier molecular flexibility index (Phi) is 2.10. The third-order valence-corrected chi connectivity index (χ3v) is 3.02. The molecule has 2 nitrogen and oxygen atoms in total. The number of ether oxygens (including phenoxy) is 2. The highest BCUT2D eigenvalue weighted by molar-refractivity contribution is 9.10. The first kappa shape index (κ1) is 8.48. The molecule has 12 heavy (non-hydrogen) atoms. The molecule has 1 aromatic carbocycles. The molecule has 1 aliphatic heterocycles. The van der Waals surface area contributed by atoms with Crippen LogP contribution in [0, 0.1) is 0 Å². The zero-order valence-electron chi connectivity index (χ0n) is 5.73. The number of hydrogen-bond donors (Lipinski definition) is 0. The molecule has 1 aromatic rings. The van der Waals surface area contributed by atoms with Crippen LogP contribution in [0.4, 0.5) is 0 Å². The van der Waals surface area contributed by atoms with E-state index < -0.39 is 0 Å². The van der Waals surface area contributed by atoms with Crippen LogP contribution >= 0.6 is 39.1 Å². The smallest absolute Gasteiger partial charge is 0.231 e. The van der Waals surface area contributed by atoms with Crippen molar-refractivity contribution < 1.29 is 9.47 Å². The molecule has 0 unspecified atom stereocenters. The second kappa shape index (κ2) is 2.98. The van der Waals surface area contributed by atoms with E-state index in [1.54, 1.807) is 6.07 Å². The first-order chi connectivity index (χ1) is 5.70. The second-order valence-corrected chi connectivity index (χ2v) is 3.80. The van der Waals surface area contributed by atoms with Gasteiger partial charge in [0, 0.05) is 6.07 Å². The normalized spacial score (nSPS) is 13.6. The van der Waals surface area contributed by atoms with Crippen LogP contribution in [0.5, 0.6) is 11.5 Å². The number of rotatable bonds is 0. The topological polar surface area (TPSA) is 18.5 Å². The summed E-state index contributed by atoms with van der Waals surface area (Å²) in [6.45, 7) is 0.177. The van der Waals surface area contributed by atoms with Crippen molar-refractivity contribution in [3.8, 4) is 11.5 Å². The van der Waals surface area contributed by atoms with E-state index >= 15 is 0 Å². The molecule has 5 heteroatoms. The lowest BCUT2D eigenvalue weighted by atomic mass is 10.3. The monoisotopic (exact) mass is 268 g/mol. The fourth-order valence-corrected chi connectivity index (χ4v) is 1.99. The van der Waals surface area contributed by atoms with Gasteiger partial charge in [-0.2, -0.15) is 0 Å². The molecule has 64 valence electrons. The van der Waals surface area contributed by atoms with Crippen molar-refractivity contribution >= 4 is 39.1 Å². The van der Waals surface area contributed by atoms with Gasteiger partial charge in [0.15, 0.2) is 5.75 Å². The van der Waals surface area contributed by atoms with Crippen LogP contribution in [-0.2, 0) is 0 Å². The van der Waals surface area contributed by atoms with Crippen LogP contribution in [0.15, 0.2) is 10.5 Å². The quantitative estimate of drug-likeness (QED) is 0.672. The van der Waals surface area contributed by atoms with Gasteiger partial charge >= 0.3 is 0 Å². The van der Waals surface area contributed by atoms with Crippen molar-refractivity contribution in [2.45, 2.75) is 0 Å². The zero-order chi connectivity index (χ0) is 8.72. The van der Waals surface area contributed by atoms with E-state index in [0.717, 1.165) is 0 Å². The summed E-state index contributed by atoms with van der Waals surface area (Å²) in [6, 6.07) is 1.65. The van der Waals surface area contributed by atoms with Crippen molar-refractivity contribution in [1.82, 2.24) is 0 Å². The Morgan fingerprint density at radius 3 is 2.83 bits per heavy atom. The lowest BCUT2D eigenvalue weighted by Crippen LogP contribution is -2.12. The van der Waals surface area contributed by atoms with Crippen molar-refractivity contribution in [3.05, 3.63) is 20.6 Å². The lowest BCUT2D eigenvalue weighted by molar-refractivity contribution is 0.103. The van der Waals surface area contributed by atoms with Gasteiger partial charge in [-0.25, -0.2) is 0 Å². The van der Waals surface area contributed by atoms with Crippen LogP contribution < -0.4 is 9.47 Å². The molecule has 0 N–H and O–H groups in total. The van der Waals surface area contributed by atoms with E-state index in [9.17, 15) is 0 Å². The SMILES string of the molecule is Clc1cc2c(Br)c(c1Cl)OCO2. The summed E-state index contributed by atoms with van der Waals surface area (Å²) in [5.41, 5.74) is 0. The minimum absolute atomic E-state index is 0.177. The molecule has 0 fully saturated rings. The summed E-state index contributed by atoms with van der Waals surface area (Å²) in [4.78, 5) is 0. The van der Waals surface area contributed by atoms with Gasteiger partial charge in [-0.05, 0) is 15.9 Å². The van der Waals surface area contributed by atoms with E-state index in [1.807, 2.05) is 0 Å². The van der Waals surface area contributed by atoms with Gasteiger partial charge in [-0.3, -0.25) is 0 Å². The number of benzene rings is 1. The maximum absolute atomic E-state index is 5.86. The van der Waals surface area contributed by atoms with Crippen LogP contribution in [-0.4, -0.2) is 6.79 Å². The number of fused-ring (bicyclic) bond motifs is 2. The van der Waals surface area contributed by atoms with Gasteiger partial charge in [-0.15, -0.1) is 0 Å². The molecule has 0 saturated heterocycles. The molecule has 1 aliphatic rings. The van der Waals surface area contributed by atoms with E-state index in [4.69, 9.17) is 32.7 Å². The standard InChI is InChI=1S/C7H3BrCl2O2/c8-5-4-1-3(9)6(10)7(5)12-2-11-4/h1H,2H2. The maximum Gasteiger partial charge on any atom is 0.231 e. The Balaban J connectivity index is 2.71. The van der Waals surface area contributed by atoms with Crippen LogP contribution in [0.2, 0.25) is 10.0 Å². The van der Waals surface area contributed by atoms with E-state index in [-0.39, 0.29) is 6.79 Å². The first-order valence-electron chi connectivity index (χ1n) is 3.13. The summed E-state index contributed by atoms with van der Waals surface area (Å²) in [6.07, 6.45) is 0. The van der Waals surface area contributed by atoms with Gasteiger partial charge in [0.2, 0.25) is 6.79 Å². The highest BCUT2D eigenvalue weighted by Gasteiger charge is 2.20. The zero-order valence-corrected chi connectivity index (χ0v) is 8.83.